The molecule has 3 aromatic carbocycles. The zero-order valence-corrected chi connectivity index (χ0v) is 25.1. The fourth-order valence-electron chi connectivity index (χ4n) is 3.99. The summed E-state index contributed by atoms with van der Waals surface area (Å²) in [4.78, 5) is 28.3. The van der Waals surface area contributed by atoms with Crippen molar-refractivity contribution in [1.29, 1.82) is 0 Å². The predicted octanol–water partition coefficient (Wildman–Crippen LogP) is 5.53. The summed E-state index contributed by atoms with van der Waals surface area (Å²) in [6.07, 6.45) is 0. The van der Waals surface area contributed by atoms with E-state index in [1.165, 1.54) is 29.2 Å². The molecule has 0 unspecified atom stereocenters. The Morgan fingerprint density at radius 1 is 0.925 bits per heavy atom. The van der Waals surface area contributed by atoms with E-state index < -0.39 is 28.5 Å². The Bertz CT molecular complexity index is 1430. The van der Waals surface area contributed by atoms with E-state index >= 15 is 0 Å². The van der Waals surface area contributed by atoms with E-state index in [2.05, 4.69) is 5.32 Å². The zero-order chi connectivity index (χ0) is 29.4. The molecule has 0 saturated heterocycles. The van der Waals surface area contributed by atoms with Crippen LogP contribution in [-0.4, -0.2) is 50.4 Å². The van der Waals surface area contributed by atoms with E-state index in [1.807, 2.05) is 13.8 Å². The van der Waals surface area contributed by atoms with Crippen LogP contribution in [0.5, 0.6) is 5.75 Å². The number of rotatable bonds is 12. The van der Waals surface area contributed by atoms with Crippen LogP contribution in [0.25, 0.3) is 0 Å². The van der Waals surface area contributed by atoms with Gasteiger partial charge in [0.15, 0.2) is 0 Å². The Hall–Kier alpha value is -3.27. The fraction of sp³-hybridized carbons (Fsp3) is 0.310. The molecule has 8 nitrogen and oxygen atoms in total. The van der Waals surface area contributed by atoms with Crippen LogP contribution in [0.2, 0.25) is 10.0 Å². The Balaban J connectivity index is 2.09. The number of hydrogen-bond acceptors (Lipinski definition) is 5. The van der Waals surface area contributed by atoms with Gasteiger partial charge in [0.1, 0.15) is 18.3 Å². The third kappa shape index (κ3) is 7.68. The highest BCUT2D eigenvalue weighted by Crippen LogP contribution is 2.33. The number of amides is 2. The molecular formula is C29H33Cl2N3O5S. The van der Waals surface area contributed by atoms with E-state index in [4.69, 9.17) is 27.9 Å². The monoisotopic (exact) mass is 605 g/mol. The molecule has 0 radical (unpaired) electrons. The van der Waals surface area contributed by atoms with Gasteiger partial charge in [0, 0.05) is 22.6 Å². The van der Waals surface area contributed by atoms with Crippen molar-refractivity contribution in [1.82, 2.24) is 10.2 Å². The van der Waals surface area contributed by atoms with E-state index in [9.17, 15) is 18.0 Å². The molecule has 0 saturated carbocycles. The molecule has 0 aliphatic carbocycles. The van der Waals surface area contributed by atoms with E-state index in [-0.39, 0.29) is 35.7 Å². The minimum absolute atomic E-state index is 0.00682. The fourth-order valence-corrected chi connectivity index (χ4v) is 5.73. The summed E-state index contributed by atoms with van der Waals surface area (Å²) < 4.78 is 34.7. The number of nitrogens with zero attached hydrogens (tertiary/aromatic N) is 2. The Labute approximate surface area is 245 Å². The van der Waals surface area contributed by atoms with Crippen LogP contribution < -0.4 is 14.4 Å². The van der Waals surface area contributed by atoms with Crippen molar-refractivity contribution in [3.8, 4) is 5.75 Å². The zero-order valence-electron chi connectivity index (χ0n) is 22.8. The molecule has 11 heteroatoms. The number of para-hydroxylation sites is 2. The van der Waals surface area contributed by atoms with Gasteiger partial charge in [-0.25, -0.2) is 8.42 Å². The standard InChI is InChI=1S/C29H33Cl2N3O5S/c1-5-39-27-13-9-8-12-26(27)34(40(37,38)24-16-14-23(30)15-17-24)19-28(35)33(21(4)29(36)32-20(2)3)18-22-10-6-7-11-25(22)31/h6-17,20-21H,5,18-19H2,1-4H3,(H,32,36)/t21-/m1/s1. The van der Waals surface area contributed by atoms with Gasteiger partial charge in [-0.3, -0.25) is 13.9 Å². The highest BCUT2D eigenvalue weighted by molar-refractivity contribution is 7.92. The minimum Gasteiger partial charge on any atom is -0.492 e. The van der Waals surface area contributed by atoms with Gasteiger partial charge in [0.25, 0.3) is 10.0 Å². The summed E-state index contributed by atoms with van der Waals surface area (Å²) in [5.41, 5.74) is 0.799. The van der Waals surface area contributed by atoms with Gasteiger partial charge < -0.3 is 15.0 Å². The average molecular weight is 607 g/mol. The summed E-state index contributed by atoms with van der Waals surface area (Å²) >= 11 is 12.4. The third-order valence-corrected chi connectivity index (χ3v) is 8.41. The van der Waals surface area contributed by atoms with Gasteiger partial charge in [-0.2, -0.15) is 0 Å². The molecule has 0 spiro atoms. The summed E-state index contributed by atoms with van der Waals surface area (Å²) in [6, 6.07) is 18.1. The average Bonchev–Trinajstić information content (AvgIpc) is 2.91. The maximum absolute atomic E-state index is 14.0. The number of sulfonamides is 1. The number of carbonyl (C=O) groups is 2. The molecule has 3 rings (SSSR count). The Morgan fingerprint density at radius 2 is 1.55 bits per heavy atom. The molecule has 214 valence electrons. The van der Waals surface area contributed by atoms with Crippen molar-refractivity contribution in [3.05, 3.63) is 88.4 Å². The number of nitrogens with one attached hydrogen (secondary N) is 1. The van der Waals surface area contributed by atoms with Crippen molar-refractivity contribution >= 4 is 50.7 Å². The van der Waals surface area contributed by atoms with E-state index in [1.54, 1.807) is 62.4 Å². The summed E-state index contributed by atoms with van der Waals surface area (Å²) in [5, 5.41) is 3.61. The molecule has 0 aromatic heterocycles. The van der Waals surface area contributed by atoms with Gasteiger partial charge >= 0.3 is 0 Å². The van der Waals surface area contributed by atoms with Crippen molar-refractivity contribution in [3.63, 3.8) is 0 Å². The first-order chi connectivity index (χ1) is 18.9. The first-order valence-electron chi connectivity index (χ1n) is 12.8. The van der Waals surface area contributed by atoms with Crippen molar-refractivity contribution in [2.45, 2.75) is 51.2 Å². The number of anilines is 1. The molecule has 0 heterocycles. The smallest absolute Gasteiger partial charge is 0.264 e. The number of ether oxygens (including phenoxy) is 1. The van der Waals surface area contributed by atoms with Crippen LogP contribution in [0.4, 0.5) is 5.69 Å². The van der Waals surface area contributed by atoms with Gasteiger partial charge in [-0.05, 0) is 75.7 Å². The van der Waals surface area contributed by atoms with Crippen LogP contribution in [0.3, 0.4) is 0 Å². The second kappa shape index (κ2) is 13.9. The lowest BCUT2D eigenvalue weighted by Gasteiger charge is -2.33. The lowest BCUT2D eigenvalue weighted by molar-refractivity contribution is -0.139. The summed E-state index contributed by atoms with van der Waals surface area (Å²) in [6.45, 7) is 6.68. The first-order valence-corrected chi connectivity index (χ1v) is 15.0. The second-order valence-corrected chi connectivity index (χ2v) is 12.0. The van der Waals surface area contributed by atoms with Gasteiger partial charge in [-0.1, -0.05) is 53.5 Å². The largest absolute Gasteiger partial charge is 0.492 e. The quantitative estimate of drug-likeness (QED) is 0.293. The molecule has 0 aliphatic heterocycles. The maximum Gasteiger partial charge on any atom is 0.264 e. The molecule has 1 atom stereocenters. The van der Waals surface area contributed by atoms with Crippen LogP contribution in [0.15, 0.2) is 77.7 Å². The molecule has 0 bridgehead atoms. The van der Waals surface area contributed by atoms with Crippen molar-refractivity contribution < 1.29 is 22.7 Å². The molecule has 40 heavy (non-hydrogen) atoms. The van der Waals surface area contributed by atoms with Crippen LogP contribution in [0.1, 0.15) is 33.3 Å². The lowest BCUT2D eigenvalue weighted by Crippen LogP contribution is -2.52. The summed E-state index contributed by atoms with van der Waals surface area (Å²) in [5.74, 6) is -0.689. The minimum atomic E-state index is -4.27. The topological polar surface area (TPSA) is 96.0 Å². The van der Waals surface area contributed by atoms with E-state index in [0.29, 0.717) is 21.4 Å². The first kappa shape index (κ1) is 31.3. The Morgan fingerprint density at radius 3 is 2.17 bits per heavy atom. The molecular weight excluding hydrogens is 573 g/mol. The summed E-state index contributed by atoms with van der Waals surface area (Å²) in [7, 11) is -4.27. The second-order valence-electron chi connectivity index (χ2n) is 9.32. The van der Waals surface area contributed by atoms with Crippen molar-refractivity contribution in [2.24, 2.45) is 0 Å². The molecule has 3 aromatic rings. The highest BCUT2D eigenvalue weighted by Gasteiger charge is 2.34. The molecule has 0 aliphatic rings. The number of hydrogen-bond donors (Lipinski definition) is 1. The molecule has 2 amide bonds. The molecule has 0 fully saturated rings. The van der Waals surface area contributed by atoms with E-state index in [0.717, 1.165) is 4.31 Å². The van der Waals surface area contributed by atoms with Gasteiger partial charge in [0.05, 0.1) is 17.2 Å². The normalized spacial score (nSPS) is 12.1. The number of halogens is 2. The predicted molar refractivity (Wildman–Crippen MR) is 158 cm³/mol. The van der Waals surface area contributed by atoms with Crippen LogP contribution in [-0.2, 0) is 26.2 Å². The lowest BCUT2D eigenvalue weighted by atomic mass is 10.1. The SMILES string of the molecule is CCOc1ccccc1N(CC(=O)N(Cc1ccccc1Cl)[C@H](C)C(=O)NC(C)C)S(=O)(=O)c1ccc(Cl)cc1. The van der Waals surface area contributed by atoms with Crippen LogP contribution in [0, 0.1) is 0 Å². The van der Waals surface area contributed by atoms with Crippen LogP contribution >= 0.6 is 23.2 Å². The number of carbonyl (C=O) groups excluding carboxylic acids is 2. The maximum atomic E-state index is 14.0. The van der Waals surface area contributed by atoms with Gasteiger partial charge in [-0.15, -0.1) is 0 Å². The van der Waals surface area contributed by atoms with Gasteiger partial charge in [0.2, 0.25) is 11.8 Å². The highest BCUT2D eigenvalue weighted by atomic mass is 35.5. The number of benzene rings is 3. The van der Waals surface area contributed by atoms with Crippen molar-refractivity contribution in [2.75, 3.05) is 17.5 Å². The Kier molecular flexibility index (Phi) is 10.8. The molecule has 1 N–H and O–H groups in total. The third-order valence-electron chi connectivity index (χ3n) is 6.01.